The van der Waals surface area contributed by atoms with Gasteiger partial charge in [-0.15, -0.1) is 0 Å². The summed E-state index contributed by atoms with van der Waals surface area (Å²) in [5, 5.41) is 3.71. The number of halogens is 2. The van der Waals surface area contributed by atoms with Crippen molar-refractivity contribution in [1.82, 2.24) is 9.38 Å². The third-order valence-electron chi connectivity index (χ3n) is 3.37. The number of nitrogens with one attached hydrogen (secondary N) is 1. The number of benzene rings is 1. The molecule has 2 aromatic heterocycles. The van der Waals surface area contributed by atoms with Crippen molar-refractivity contribution in [3.8, 4) is 0 Å². The van der Waals surface area contributed by atoms with Gasteiger partial charge in [0.05, 0.1) is 5.69 Å². The van der Waals surface area contributed by atoms with Gasteiger partial charge in [-0.3, -0.25) is 9.20 Å². The van der Waals surface area contributed by atoms with Crippen molar-refractivity contribution < 1.29 is 4.79 Å². The Kier molecular flexibility index (Phi) is 4.37. The zero-order valence-corrected chi connectivity index (χ0v) is 13.8. The van der Waals surface area contributed by atoms with E-state index in [9.17, 15) is 4.79 Å². The Balaban J connectivity index is 1.83. The molecule has 3 aromatic rings. The average Bonchev–Trinajstić information content (AvgIpc) is 2.84. The molecule has 1 aromatic carbocycles. The Bertz CT molecular complexity index is 915. The Morgan fingerprint density at radius 2 is 2.09 bits per heavy atom. The number of carbonyl (C=O) groups excluding carboxylic acids is 1. The highest BCUT2D eigenvalue weighted by atomic mass is 35.5. The lowest BCUT2D eigenvalue weighted by atomic mass is 10.2. The standard InChI is InChI=1S/C17H13Cl2N3O/c1-11-5-6-12(18)10-13(11)20-16(23)8-7-14-17(19)21-15-4-2-3-9-22(14)15/h2-10H,1H3,(H,20,23)/b8-7+. The highest BCUT2D eigenvalue weighted by Gasteiger charge is 2.08. The maximum Gasteiger partial charge on any atom is 0.248 e. The van der Waals surface area contributed by atoms with Gasteiger partial charge in [0.1, 0.15) is 5.65 Å². The predicted molar refractivity (Wildman–Crippen MR) is 94.1 cm³/mol. The van der Waals surface area contributed by atoms with E-state index in [4.69, 9.17) is 23.2 Å². The molecule has 3 rings (SSSR count). The van der Waals surface area contributed by atoms with Gasteiger partial charge >= 0.3 is 0 Å². The minimum absolute atomic E-state index is 0.266. The number of hydrogen-bond acceptors (Lipinski definition) is 2. The summed E-state index contributed by atoms with van der Waals surface area (Å²) in [6.45, 7) is 1.90. The number of rotatable bonds is 3. The van der Waals surface area contributed by atoms with E-state index < -0.39 is 0 Å². The number of anilines is 1. The number of fused-ring (bicyclic) bond motifs is 1. The second-order valence-electron chi connectivity index (χ2n) is 5.00. The fourth-order valence-corrected chi connectivity index (χ4v) is 2.61. The fraction of sp³-hybridized carbons (Fsp3) is 0.0588. The van der Waals surface area contributed by atoms with Crippen LogP contribution in [0.15, 0.2) is 48.7 Å². The van der Waals surface area contributed by atoms with Crippen molar-refractivity contribution in [3.63, 3.8) is 0 Å². The summed E-state index contributed by atoms with van der Waals surface area (Å²) in [4.78, 5) is 16.3. The summed E-state index contributed by atoms with van der Waals surface area (Å²) in [5.41, 5.74) is 2.99. The van der Waals surface area contributed by atoms with E-state index in [1.54, 1.807) is 18.2 Å². The monoisotopic (exact) mass is 345 g/mol. The lowest BCUT2D eigenvalue weighted by Gasteiger charge is -2.06. The molecule has 1 amide bonds. The summed E-state index contributed by atoms with van der Waals surface area (Å²) in [6.07, 6.45) is 4.90. The van der Waals surface area contributed by atoms with Crippen molar-refractivity contribution in [3.05, 3.63) is 70.1 Å². The molecule has 0 unspecified atom stereocenters. The zero-order valence-electron chi connectivity index (χ0n) is 12.3. The van der Waals surface area contributed by atoms with E-state index in [2.05, 4.69) is 10.3 Å². The lowest BCUT2D eigenvalue weighted by molar-refractivity contribution is -0.111. The first-order valence-corrected chi connectivity index (χ1v) is 7.68. The van der Waals surface area contributed by atoms with E-state index in [0.29, 0.717) is 21.6 Å². The third kappa shape index (κ3) is 3.38. The molecule has 0 aliphatic rings. The maximum atomic E-state index is 12.1. The van der Waals surface area contributed by atoms with Gasteiger partial charge in [-0.2, -0.15) is 0 Å². The number of amides is 1. The zero-order chi connectivity index (χ0) is 16.4. The van der Waals surface area contributed by atoms with Gasteiger partial charge in [-0.25, -0.2) is 4.98 Å². The first-order chi connectivity index (χ1) is 11.0. The highest BCUT2D eigenvalue weighted by molar-refractivity contribution is 6.31. The largest absolute Gasteiger partial charge is 0.322 e. The SMILES string of the molecule is Cc1ccc(Cl)cc1NC(=O)/C=C/c1c(Cl)nc2ccccn12. The molecule has 2 heterocycles. The van der Waals surface area contributed by atoms with E-state index in [1.165, 1.54) is 6.08 Å². The Labute approximate surface area is 143 Å². The van der Waals surface area contributed by atoms with Gasteiger partial charge in [0.2, 0.25) is 5.91 Å². The summed E-state index contributed by atoms with van der Waals surface area (Å²) in [7, 11) is 0. The van der Waals surface area contributed by atoms with Crippen molar-refractivity contribution >= 4 is 46.5 Å². The number of pyridine rings is 1. The molecule has 0 radical (unpaired) electrons. The molecule has 4 nitrogen and oxygen atoms in total. The Hall–Kier alpha value is -2.30. The smallest absolute Gasteiger partial charge is 0.248 e. The molecule has 0 atom stereocenters. The molecule has 0 aliphatic heterocycles. The topological polar surface area (TPSA) is 46.4 Å². The van der Waals surface area contributed by atoms with Gasteiger partial charge in [0.15, 0.2) is 5.15 Å². The van der Waals surface area contributed by atoms with Crippen LogP contribution in [0.2, 0.25) is 10.2 Å². The van der Waals surface area contributed by atoms with Gasteiger partial charge in [0.25, 0.3) is 0 Å². The van der Waals surface area contributed by atoms with Crippen LogP contribution in [-0.2, 0) is 4.79 Å². The third-order valence-corrected chi connectivity index (χ3v) is 3.89. The van der Waals surface area contributed by atoms with Crippen LogP contribution < -0.4 is 5.32 Å². The summed E-state index contributed by atoms with van der Waals surface area (Å²) in [6, 6.07) is 10.9. The van der Waals surface area contributed by atoms with Gasteiger partial charge in [0, 0.05) is 23.0 Å². The van der Waals surface area contributed by atoms with Crippen LogP contribution in [0.5, 0.6) is 0 Å². The summed E-state index contributed by atoms with van der Waals surface area (Å²) in [5.74, 6) is -0.266. The fourth-order valence-electron chi connectivity index (χ4n) is 2.19. The van der Waals surface area contributed by atoms with Crippen LogP contribution in [0.25, 0.3) is 11.7 Å². The van der Waals surface area contributed by atoms with Gasteiger partial charge < -0.3 is 5.32 Å². The molecule has 1 N–H and O–H groups in total. The van der Waals surface area contributed by atoms with E-state index in [1.807, 2.05) is 41.8 Å². The summed E-state index contributed by atoms with van der Waals surface area (Å²) >= 11 is 12.1. The Morgan fingerprint density at radius 3 is 2.91 bits per heavy atom. The van der Waals surface area contributed by atoms with Crippen LogP contribution >= 0.6 is 23.2 Å². The quantitative estimate of drug-likeness (QED) is 0.705. The van der Waals surface area contributed by atoms with Crippen molar-refractivity contribution in [2.45, 2.75) is 6.92 Å². The molecule has 0 saturated heterocycles. The van der Waals surface area contributed by atoms with Crippen molar-refractivity contribution in [1.29, 1.82) is 0 Å². The van der Waals surface area contributed by atoms with Crippen LogP contribution in [0.4, 0.5) is 5.69 Å². The molecule has 0 saturated carbocycles. The van der Waals surface area contributed by atoms with Crippen LogP contribution in [0, 0.1) is 6.92 Å². The van der Waals surface area contributed by atoms with Crippen LogP contribution in [0.1, 0.15) is 11.3 Å². The molecule has 116 valence electrons. The first kappa shape index (κ1) is 15.6. The molecule has 6 heteroatoms. The van der Waals surface area contributed by atoms with E-state index in [0.717, 1.165) is 11.2 Å². The molecule has 0 spiro atoms. The number of aromatic nitrogens is 2. The lowest BCUT2D eigenvalue weighted by Crippen LogP contribution is -2.09. The van der Waals surface area contributed by atoms with Crippen molar-refractivity contribution in [2.24, 2.45) is 0 Å². The molecule has 0 bridgehead atoms. The molecule has 23 heavy (non-hydrogen) atoms. The first-order valence-electron chi connectivity index (χ1n) is 6.92. The average molecular weight is 346 g/mol. The summed E-state index contributed by atoms with van der Waals surface area (Å²) < 4.78 is 1.82. The van der Waals surface area contributed by atoms with Gasteiger partial charge in [-0.05, 0) is 42.8 Å². The molecule has 0 aliphatic carbocycles. The second kappa shape index (κ2) is 6.44. The number of aryl methyl sites for hydroxylation is 1. The highest BCUT2D eigenvalue weighted by Crippen LogP contribution is 2.21. The predicted octanol–water partition coefficient (Wildman–Crippen LogP) is 4.60. The van der Waals surface area contributed by atoms with Crippen molar-refractivity contribution in [2.75, 3.05) is 5.32 Å². The van der Waals surface area contributed by atoms with Crippen LogP contribution in [0.3, 0.4) is 0 Å². The number of nitrogens with zero attached hydrogens (tertiary/aromatic N) is 2. The second-order valence-corrected chi connectivity index (χ2v) is 5.79. The molecular formula is C17H13Cl2N3O. The number of carbonyl (C=O) groups is 1. The molecule has 0 fully saturated rings. The van der Waals surface area contributed by atoms with Gasteiger partial charge in [-0.1, -0.05) is 35.3 Å². The van der Waals surface area contributed by atoms with E-state index in [-0.39, 0.29) is 5.91 Å². The Morgan fingerprint density at radius 1 is 1.26 bits per heavy atom. The van der Waals surface area contributed by atoms with E-state index >= 15 is 0 Å². The normalized spacial score (nSPS) is 11.3. The number of hydrogen-bond donors (Lipinski definition) is 1. The minimum atomic E-state index is -0.266. The van der Waals surface area contributed by atoms with Crippen LogP contribution in [-0.4, -0.2) is 15.3 Å². The molecular weight excluding hydrogens is 333 g/mol. The number of imidazole rings is 1. The maximum absolute atomic E-state index is 12.1. The minimum Gasteiger partial charge on any atom is -0.322 e.